The van der Waals surface area contributed by atoms with E-state index in [0.717, 1.165) is 23.3 Å². The van der Waals surface area contributed by atoms with Crippen LogP contribution in [0, 0.1) is 19.8 Å². The molecule has 3 rings (SSSR count). The molecule has 0 saturated heterocycles. The van der Waals surface area contributed by atoms with Crippen LogP contribution in [0.3, 0.4) is 0 Å². The van der Waals surface area contributed by atoms with Crippen molar-refractivity contribution in [3.05, 3.63) is 59.0 Å². The lowest BCUT2D eigenvalue weighted by molar-refractivity contribution is 0.0943. The highest BCUT2D eigenvalue weighted by Gasteiger charge is 2.19. The van der Waals surface area contributed by atoms with E-state index in [9.17, 15) is 4.79 Å². The number of benzene rings is 1. The first-order valence-corrected chi connectivity index (χ1v) is 8.88. The Bertz CT molecular complexity index is 887. The van der Waals surface area contributed by atoms with E-state index in [0.29, 0.717) is 24.7 Å². The number of rotatable bonds is 6. The average molecular weight is 338 g/mol. The zero-order chi connectivity index (χ0) is 18.0. The molecule has 0 aliphatic carbocycles. The first-order chi connectivity index (χ1) is 12.0. The number of aryl methyl sites for hydroxylation is 2. The number of hydrogen-bond acceptors (Lipinski definition) is 2. The van der Waals surface area contributed by atoms with E-state index < -0.39 is 0 Å². The summed E-state index contributed by atoms with van der Waals surface area (Å²) >= 11 is 0. The van der Waals surface area contributed by atoms with Crippen molar-refractivity contribution in [3.63, 3.8) is 0 Å². The molecular formula is C21H26N2O2. The molecule has 4 heteroatoms. The molecule has 0 fully saturated rings. The zero-order valence-corrected chi connectivity index (χ0v) is 15.4. The topological polar surface area (TPSA) is 47.2 Å². The Kier molecular flexibility index (Phi) is 4.98. The van der Waals surface area contributed by atoms with Gasteiger partial charge in [-0.1, -0.05) is 38.1 Å². The summed E-state index contributed by atoms with van der Waals surface area (Å²) in [6.45, 7) is 9.68. The monoisotopic (exact) mass is 338 g/mol. The molecule has 1 aromatic carbocycles. The number of fused-ring (bicyclic) bond motifs is 1. The maximum atomic E-state index is 12.7. The normalized spacial score (nSPS) is 11.4. The Morgan fingerprint density at radius 2 is 1.96 bits per heavy atom. The maximum Gasteiger partial charge on any atom is 0.268 e. The summed E-state index contributed by atoms with van der Waals surface area (Å²) in [5, 5.41) is 3.04. The Morgan fingerprint density at radius 1 is 1.20 bits per heavy atom. The Balaban J connectivity index is 1.93. The predicted molar refractivity (Wildman–Crippen MR) is 101 cm³/mol. The summed E-state index contributed by atoms with van der Waals surface area (Å²) in [4.78, 5) is 12.7. The fourth-order valence-electron chi connectivity index (χ4n) is 3.05. The third-order valence-corrected chi connectivity index (χ3v) is 4.54. The van der Waals surface area contributed by atoms with Crippen molar-refractivity contribution < 1.29 is 9.21 Å². The maximum absolute atomic E-state index is 12.7. The van der Waals surface area contributed by atoms with Crippen molar-refractivity contribution in [3.8, 4) is 0 Å². The summed E-state index contributed by atoms with van der Waals surface area (Å²) in [6.07, 6.45) is 0.972. The second-order valence-electron chi connectivity index (χ2n) is 7.09. The van der Waals surface area contributed by atoms with E-state index in [1.54, 1.807) is 0 Å². The summed E-state index contributed by atoms with van der Waals surface area (Å²) in [5.74, 6) is 1.38. The molecule has 0 saturated carbocycles. The van der Waals surface area contributed by atoms with Gasteiger partial charge in [-0.25, -0.2) is 0 Å². The first kappa shape index (κ1) is 17.3. The molecule has 0 aliphatic rings. The SMILES string of the molecule is Cc1cc2c(cc(C(=O)NCCC(C)C)n2Cc2ccccc2C)o1. The summed E-state index contributed by atoms with van der Waals surface area (Å²) < 4.78 is 7.80. The van der Waals surface area contributed by atoms with Gasteiger partial charge in [0.15, 0.2) is 5.58 Å². The second kappa shape index (κ2) is 7.18. The van der Waals surface area contributed by atoms with Crippen LogP contribution in [0.2, 0.25) is 0 Å². The molecule has 25 heavy (non-hydrogen) atoms. The molecule has 2 heterocycles. The van der Waals surface area contributed by atoms with Crippen LogP contribution < -0.4 is 5.32 Å². The van der Waals surface area contributed by atoms with Crippen molar-refractivity contribution in [2.45, 2.75) is 40.7 Å². The number of nitrogens with one attached hydrogen (secondary N) is 1. The van der Waals surface area contributed by atoms with Crippen molar-refractivity contribution in [1.82, 2.24) is 9.88 Å². The Morgan fingerprint density at radius 3 is 2.68 bits per heavy atom. The van der Waals surface area contributed by atoms with Gasteiger partial charge in [-0.2, -0.15) is 0 Å². The van der Waals surface area contributed by atoms with E-state index in [-0.39, 0.29) is 5.91 Å². The number of furan rings is 1. The number of hydrogen-bond donors (Lipinski definition) is 1. The minimum Gasteiger partial charge on any atom is -0.460 e. The molecule has 1 amide bonds. The molecule has 0 aliphatic heterocycles. The number of carbonyl (C=O) groups is 1. The average Bonchev–Trinajstić information content (AvgIpc) is 3.06. The van der Waals surface area contributed by atoms with Gasteiger partial charge in [0.1, 0.15) is 11.5 Å². The van der Waals surface area contributed by atoms with Gasteiger partial charge in [-0.15, -0.1) is 0 Å². The van der Waals surface area contributed by atoms with Gasteiger partial charge in [0.05, 0.1) is 5.52 Å². The number of nitrogens with zero attached hydrogens (tertiary/aromatic N) is 1. The molecule has 1 N–H and O–H groups in total. The van der Waals surface area contributed by atoms with Crippen LogP contribution >= 0.6 is 0 Å². The molecule has 0 spiro atoms. The van der Waals surface area contributed by atoms with E-state index in [2.05, 4.69) is 42.8 Å². The van der Waals surface area contributed by atoms with Crippen molar-refractivity contribution in [1.29, 1.82) is 0 Å². The van der Waals surface area contributed by atoms with Crippen molar-refractivity contribution in [2.24, 2.45) is 5.92 Å². The van der Waals surface area contributed by atoms with Crippen LogP contribution in [0.15, 0.2) is 40.8 Å². The number of amides is 1. The molecule has 0 radical (unpaired) electrons. The van der Waals surface area contributed by atoms with Gasteiger partial charge in [-0.3, -0.25) is 4.79 Å². The summed E-state index contributed by atoms with van der Waals surface area (Å²) in [7, 11) is 0. The standard InChI is InChI=1S/C21H26N2O2/c1-14(2)9-10-22-21(24)19-12-20-18(11-16(4)25-20)23(19)13-17-8-6-5-7-15(17)3/h5-8,11-12,14H,9-10,13H2,1-4H3,(H,22,24). The van der Waals surface area contributed by atoms with E-state index in [1.165, 1.54) is 11.1 Å². The lowest BCUT2D eigenvalue weighted by atomic mass is 10.1. The van der Waals surface area contributed by atoms with Crippen molar-refractivity contribution in [2.75, 3.05) is 6.54 Å². The van der Waals surface area contributed by atoms with Crippen LogP contribution in [0.5, 0.6) is 0 Å². The lowest BCUT2D eigenvalue weighted by Crippen LogP contribution is -2.27. The van der Waals surface area contributed by atoms with Crippen molar-refractivity contribution >= 4 is 17.0 Å². The molecule has 2 aromatic heterocycles. The van der Waals surface area contributed by atoms with Gasteiger partial charge in [0.25, 0.3) is 5.91 Å². The van der Waals surface area contributed by atoms with Crippen LogP contribution in [-0.4, -0.2) is 17.0 Å². The number of aromatic nitrogens is 1. The van der Waals surface area contributed by atoms with E-state index >= 15 is 0 Å². The van der Waals surface area contributed by atoms with Gasteiger partial charge in [-0.05, 0) is 37.3 Å². The number of carbonyl (C=O) groups excluding carboxylic acids is 1. The molecule has 4 nitrogen and oxygen atoms in total. The van der Waals surface area contributed by atoms with Crippen LogP contribution in [0.1, 0.15) is 47.6 Å². The largest absolute Gasteiger partial charge is 0.460 e. The van der Waals surface area contributed by atoms with Gasteiger partial charge >= 0.3 is 0 Å². The minimum absolute atomic E-state index is 0.0433. The summed E-state index contributed by atoms with van der Waals surface area (Å²) in [5.41, 5.74) is 4.81. The second-order valence-corrected chi connectivity index (χ2v) is 7.09. The van der Waals surface area contributed by atoms with Gasteiger partial charge in [0.2, 0.25) is 0 Å². The fraction of sp³-hybridized carbons (Fsp3) is 0.381. The highest BCUT2D eigenvalue weighted by molar-refractivity contribution is 5.97. The zero-order valence-electron chi connectivity index (χ0n) is 15.4. The fourth-order valence-corrected chi connectivity index (χ4v) is 3.05. The molecule has 0 atom stereocenters. The third kappa shape index (κ3) is 3.78. The Hall–Kier alpha value is -2.49. The Labute approximate surface area is 148 Å². The van der Waals surface area contributed by atoms with Gasteiger partial charge < -0.3 is 14.3 Å². The minimum atomic E-state index is -0.0433. The highest BCUT2D eigenvalue weighted by atomic mass is 16.3. The van der Waals surface area contributed by atoms with Crippen LogP contribution in [0.4, 0.5) is 0 Å². The quantitative estimate of drug-likeness (QED) is 0.709. The molecule has 0 unspecified atom stereocenters. The van der Waals surface area contributed by atoms with E-state index in [1.807, 2.05) is 31.2 Å². The highest BCUT2D eigenvalue weighted by Crippen LogP contribution is 2.25. The third-order valence-electron chi connectivity index (χ3n) is 4.54. The smallest absolute Gasteiger partial charge is 0.268 e. The lowest BCUT2D eigenvalue weighted by Gasteiger charge is -2.13. The predicted octanol–water partition coefficient (Wildman–Crippen LogP) is 4.68. The van der Waals surface area contributed by atoms with E-state index in [4.69, 9.17) is 4.42 Å². The molecular weight excluding hydrogens is 312 g/mol. The first-order valence-electron chi connectivity index (χ1n) is 8.88. The van der Waals surface area contributed by atoms with Crippen LogP contribution in [0.25, 0.3) is 11.1 Å². The molecule has 0 bridgehead atoms. The molecule has 3 aromatic rings. The summed E-state index contributed by atoms with van der Waals surface area (Å²) in [6, 6.07) is 12.1. The molecule has 132 valence electrons. The van der Waals surface area contributed by atoms with Gasteiger partial charge in [0, 0.05) is 25.2 Å². The van der Waals surface area contributed by atoms with Crippen LogP contribution in [-0.2, 0) is 6.54 Å².